The summed E-state index contributed by atoms with van der Waals surface area (Å²) in [6.07, 6.45) is 6.17. The fourth-order valence-corrected chi connectivity index (χ4v) is 4.01. The second kappa shape index (κ2) is 8.97. The van der Waals surface area contributed by atoms with Gasteiger partial charge in [0, 0.05) is 31.7 Å². The van der Waals surface area contributed by atoms with Crippen molar-refractivity contribution in [2.75, 3.05) is 26.2 Å². The Balaban J connectivity index is 0.00000225. The molecule has 1 spiro atoms. The zero-order valence-corrected chi connectivity index (χ0v) is 15.8. The predicted octanol–water partition coefficient (Wildman–Crippen LogP) is 2.78. The second-order valence-corrected chi connectivity index (χ2v) is 7.24. The maximum Gasteiger partial charge on any atom is 0.234 e. The van der Waals surface area contributed by atoms with Crippen molar-refractivity contribution in [2.24, 2.45) is 0 Å². The summed E-state index contributed by atoms with van der Waals surface area (Å²) in [4.78, 5) is 14.8. The largest absolute Gasteiger partial charge is 0.351 e. The van der Waals surface area contributed by atoms with Crippen LogP contribution in [-0.2, 0) is 11.3 Å². The lowest BCUT2D eigenvalue weighted by Gasteiger charge is -2.49. The number of hydrogen-bond acceptors (Lipinski definition) is 3. The quantitative estimate of drug-likeness (QED) is 0.857. The molecule has 25 heavy (non-hydrogen) atoms. The van der Waals surface area contributed by atoms with E-state index < -0.39 is 0 Å². The van der Waals surface area contributed by atoms with Gasteiger partial charge in [-0.05, 0) is 37.0 Å². The van der Waals surface area contributed by atoms with Crippen LogP contribution in [0.5, 0.6) is 0 Å². The minimum atomic E-state index is -0.218. The molecule has 1 amide bonds. The lowest BCUT2D eigenvalue weighted by Crippen LogP contribution is -2.63. The highest BCUT2D eigenvalue weighted by Gasteiger charge is 2.40. The SMILES string of the molecule is Cc1ccc(CNC(=O)CN2CCNCC23CCCCC3)cc1F.Cl. The van der Waals surface area contributed by atoms with Crippen molar-refractivity contribution in [3.63, 3.8) is 0 Å². The van der Waals surface area contributed by atoms with Crippen LogP contribution in [-0.4, -0.2) is 42.5 Å². The first-order valence-corrected chi connectivity index (χ1v) is 9.07. The molecule has 1 aromatic rings. The zero-order chi connectivity index (χ0) is 17.0. The molecule has 3 rings (SSSR count). The van der Waals surface area contributed by atoms with E-state index in [1.165, 1.54) is 38.2 Å². The van der Waals surface area contributed by atoms with E-state index in [1.807, 2.05) is 6.07 Å². The molecule has 6 heteroatoms. The smallest absolute Gasteiger partial charge is 0.234 e. The predicted molar refractivity (Wildman–Crippen MR) is 100 cm³/mol. The van der Waals surface area contributed by atoms with Crippen LogP contribution < -0.4 is 10.6 Å². The van der Waals surface area contributed by atoms with Gasteiger partial charge in [0.1, 0.15) is 5.82 Å². The zero-order valence-electron chi connectivity index (χ0n) is 14.9. The highest BCUT2D eigenvalue weighted by Crippen LogP contribution is 2.34. The Morgan fingerprint density at radius 3 is 2.80 bits per heavy atom. The minimum absolute atomic E-state index is 0. The van der Waals surface area contributed by atoms with Crippen molar-refractivity contribution in [2.45, 2.75) is 51.1 Å². The molecule has 2 aliphatic rings. The summed E-state index contributed by atoms with van der Waals surface area (Å²) in [7, 11) is 0. The number of carbonyl (C=O) groups is 1. The van der Waals surface area contributed by atoms with Crippen LogP contribution in [0, 0.1) is 12.7 Å². The van der Waals surface area contributed by atoms with E-state index in [2.05, 4.69) is 15.5 Å². The number of piperazine rings is 1. The van der Waals surface area contributed by atoms with Crippen LogP contribution in [0.3, 0.4) is 0 Å². The molecule has 0 atom stereocenters. The summed E-state index contributed by atoms with van der Waals surface area (Å²) in [6.45, 7) is 5.42. The van der Waals surface area contributed by atoms with Crippen molar-refractivity contribution in [3.05, 3.63) is 35.1 Å². The van der Waals surface area contributed by atoms with E-state index in [1.54, 1.807) is 13.0 Å². The van der Waals surface area contributed by atoms with E-state index in [4.69, 9.17) is 0 Å². The van der Waals surface area contributed by atoms with Gasteiger partial charge in [-0.1, -0.05) is 31.4 Å². The van der Waals surface area contributed by atoms with Gasteiger partial charge in [-0.3, -0.25) is 9.69 Å². The molecule has 2 fully saturated rings. The molecule has 4 nitrogen and oxygen atoms in total. The van der Waals surface area contributed by atoms with E-state index >= 15 is 0 Å². The molecular formula is C19H29ClFN3O. The summed E-state index contributed by atoms with van der Waals surface area (Å²) in [5, 5.41) is 6.45. The third-order valence-corrected chi connectivity index (χ3v) is 5.53. The van der Waals surface area contributed by atoms with Crippen LogP contribution in [0.2, 0.25) is 0 Å². The van der Waals surface area contributed by atoms with Crippen molar-refractivity contribution in [3.8, 4) is 0 Å². The maximum absolute atomic E-state index is 13.6. The number of nitrogens with one attached hydrogen (secondary N) is 2. The summed E-state index contributed by atoms with van der Waals surface area (Å²) in [5.41, 5.74) is 1.59. The number of hydrogen-bond donors (Lipinski definition) is 2. The van der Waals surface area contributed by atoms with E-state index in [-0.39, 0.29) is 29.7 Å². The van der Waals surface area contributed by atoms with E-state index in [0.29, 0.717) is 18.7 Å². The van der Waals surface area contributed by atoms with Gasteiger partial charge in [-0.15, -0.1) is 12.4 Å². The molecule has 0 radical (unpaired) electrons. The topological polar surface area (TPSA) is 44.4 Å². The highest BCUT2D eigenvalue weighted by atomic mass is 35.5. The number of rotatable bonds is 4. The standard InChI is InChI=1S/C19H28FN3O.ClH/c1-15-5-6-16(11-17(15)20)12-22-18(24)13-23-10-9-21-14-19(23)7-3-2-4-8-19;/h5-6,11,21H,2-4,7-10,12-14H2,1H3,(H,22,24);1H. The van der Waals surface area contributed by atoms with Crippen molar-refractivity contribution < 1.29 is 9.18 Å². The van der Waals surface area contributed by atoms with Crippen molar-refractivity contribution in [1.82, 2.24) is 15.5 Å². The number of benzene rings is 1. The lowest BCUT2D eigenvalue weighted by atomic mass is 9.79. The summed E-state index contributed by atoms with van der Waals surface area (Å²) in [5.74, 6) is -0.187. The molecule has 1 aromatic carbocycles. The van der Waals surface area contributed by atoms with Gasteiger partial charge in [-0.25, -0.2) is 4.39 Å². The van der Waals surface area contributed by atoms with Crippen molar-refractivity contribution >= 4 is 18.3 Å². The number of nitrogens with zero attached hydrogens (tertiary/aromatic N) is 1. The van der Waals surface area contributed by atoms with Gasteiger partial charge in [-0.2, -0.15) is 0 Å². The third-order valence-electron chi connectivity index (χ3n) is 5.53. The van der Waals surface area contributed by atoms with E-state index in [0.717, 1.165) is 25.2 Å². The monoisotopic (exact) mass is 369 g/mol. The average molecular weight is 370 g/mol. The Kier molecular flexibility index (Phi) is 7.23. The first kappa shape index (κ1) is 20.1. The molecule has 1 saturated heterocycles. The summed E-state index contributed by atoms with van der Waals surface area (Å²) >= 11 is 0. The molecule has 140 valence electrons. The normalized spacial score (nSPS) is 20.1. The van der Waals surface area contributed by atoms with Gasteiger partial charge in [0.05, 0.1) is 6.54 Å². The third kappa shape index (κ3) is 4.93. The first-order chi connectivity index (χ1) is 11.6. The van der Waals surface area contributed by atoms with Gasteiger partial charge in [0.15, 0.2) is 0 Å². The number of carbonyl (C=O) groups excluding carboxylic acids is 1. The average Bonchev–Trinajstić information content (AvgIpc) is 2.59. The molecular weight excluding hydrogens is 341 g/mol. The minimum Gasteiger partial charge on any atom is -0.351 e. The highest BCUT2D eigenvalue weighted by molar-refractivity contribution is 5.85. The van der Waals surface area contributed by atoms with Crippen LogP contribution in [0.25, 0.3) is 0 Å². The maximum atomic E-state index is 13.6. The van der Waals surface area contributed by atoms with Crippen LogP contribution in [0.4, 0.5) is 4.39 Å². The molecule has 0 aromatic heterocycles. The number of halogens is 2. The van der Waals surface area contributed by atoms with E-state index in [9.17, 15) is 9.18 Å². The summed E-state index contributed by atoms with van der Waals surface area (Å²) < 4.78 is 13.6. The van der Waals surface area contributed by atoms with Crippen LogP contribution >= 0.6 is 12.4 Å². The Morgan fingerprint density at radius 2 is 2.08 bits per heavy atom. The molecule has 1 aliphatic carbocycles. The van der Waals surface area contributed by atoms with Gasteiger partial charge >= 0.3 is 0 Å². The Morgan fingerprint density at radius 1 is 1.32 bits per heavy atom. The molecule has 0 bridgehead atoms. The van der Waals surface area contributed by atoms with Gasteiger partial charge in [0.25, 0.3) is 0 Å². The molecule has 1 aliphatic heterocycles. The first-order valence-electron chi connectivity index (χ1n) is 9.07. The number of aryl methyl sites for hydroxylation is 1. The van der Waals surface area contributed by atoms with Gasteiger partial charge in [0.2, 0.25) is 5.91 Å². The Labute approximate surface area is 156 Å². The van der Waals surface area contributed by atoms with Crippen LogP contribution in [0.1, 0.15) is 43.2 Å². The molecule has 1 saturated carbocycles. The van der Waals surface area contributed by atoms with Crippen LogP contribution in [0.15, 0.2) is 18.2 Å². The molecule has 0 unspecified atom stereocenters. The fraction of sp³-hybridized carbons (Fsp3) is 0.632. The Bertz CT molecular complexity index is 582. The van der Waals surface area contributed by atoms with Gasteiger partial charge < -0.3 is 10.6 Å². The fourth-order valence-electron chi connectivity index (χ4n) is 4.01. The Hall–Kier alpha value is -1.17. The van der Waals surface area contributed by atoms with Crippen molar-refractivity contribution in [1.29, 1.82) is 0 Å². The second-order valence-electron chi connectivity index (χ2n) is 7.24. The molecule has 2 N–H and O–H groups in total. The molecule has 1 heterocycles. The number of amides is 1. The summed E-state index contributed by atoms with van der Waals surface area (Å²) in [6, 6.07) is 5.12. The lowest BCUT2D eigenvalue weighted by molar-refractivity contribution is -0.125.